The normalized spacial score (nSPS) is 16.5. The van der Waals surface area contributed by atoms with Gasteiger partial charge in [0, 0.05) is 54.8 Å². The highest BCUT2D eigenvalue weighted by Crippen LogP contribution is 2.54. The molecule has 1 N–H and O–H groups in total. The van der Waals surface area contributed by atoms with Crippen LogP contribution in [0.15, 0.2) is 46.8 Å². The smallest absolute Gasteiger partial charge is 0.417 e. The standard InChI is InChI=1S/C30H25Cl2F3N4O4/c1-42-15-25-19(27(38-43-25)26-21(31)13-36-14-22(26)32)8-16-11-29(12-16)4-6-39(7-5-29)17-2-3-23-18(9-17)20(30(33,34)35)10-24(37-23)28(40)41/h2-3,8-10,13-14H,4-7,11-12,15H2,1H3,(H,40,41). The third kappa shape index (κ3) is 5.57. The average molecular weight is 633 g/mol. The van der Waals surface area contributed by atoms with Crippen LogP contribution < -0.4 is 4.90 Å². The van der Waals surface area contributed by atoms with Crippen LogP contribution in [-0.2, 0) is 17.5 Å². The number of carboxylic acids is 1. The van der Waals surface area contributed by atoms with Crippen molar-refractivity contribution in [2.24, 2.45) is 5.41 Å². The summed E-state index contributed by atoms with van der Waals surface area (Å²) in [6.07, 6.45) is 3.82. The number of aromatic carboxylic acids is 1. The second kappa shape index (κ2) is 11.1. The maximum atomic E-state index is 13.8. The molecule has 1 aliphatic heterocycles. The first kappa shape index (κ1) is 29.4. The van der Waals surface area contributed by atoms with Crippen LogP contribution >= 0.6 is 23.2 Å². The number of hydrogen-bond acceptors (Lipinski definition) is 7. The lowest BCUT2D eigenvalue weighted by atomic mass is 9.60. The molecule has 4 aromatic rings. The van der Waals surface area contributed by atoms with Gasteiger partial charge >= 0.3 is 12.1 Å². The Labute approximate surface area is 254 Å². The van der Waals surface area contributed by atoms with Gasteiger partial charge in [0.15, 0.2) is 5.76 Å². The van der Waals surface area contributed by atoms with E-state index in [4.69, 9.17) is 32.5 Å². The van der Waals surface area contributed by atoms with Gasteiger partial charge in [-0.05, 0) is 61.4 Å². The van der Waals surface area contributed by atoms with Crippen LogP contribution in [-0.4, -0.2) is 46.4 Å². The molecular weight excluding hydrogens is 608 g/mol. The van der Waals surface area contributed by atoms with E-state index in [1.165, 1.54) is 30.1 Å². The number of anilines is 1. The fraction of sp³-hybridized carbons (Fsp3) is 0.333. The summed E-state index contributed by atoms with van der Waals surface area (Å²) in [5.74, 6) is -0.948. The number of pyridine rings is 2. The number of rotatable bonds is 6. The molecule has 1 aromatic carbocycles. The highest BCUT2D eigenvalue weighted by Gasteiger charge is 2.43. The number of allylic oxidation sites excluding steroid dienone is 1. The molecule has 224 valence electrons. The zero-order valence-electron chi connectivity index (χ0n) is 22.8. The Morgan fingerprint density at radius 2 is 1.86 bits per heavy atom. The van der Waals surface area contributed by atoms with Crippen molar-refractivity contribution in [3.8, 4) is 11.3 Å². The molecule has 0 bridgehead atoms. The van der Waals surface area contributed by atoms with Crippen molar-refractivity contribution in [2.75, 3.05) is 25.1 Å². The van der Waals surface area contributed by atoms with Gasteiger partial charge in [-0.25, -0.2) is 9.78 Å². The van der Waals surface area contributed by atoms with Crippen LogP contribution in [0.5, 0.6) is 0 Å². The molecule has 1 spiro atoms. The van der Waals surface area contributed by atoms with E-state index in [0.717, 1.165) is 31.2 Å². The van der Waals surface area contributed by atoms with Gasteiger partial charge in [-0.3, -0.25) is 4.98 Å². The lowest BCUT2D eigenvalue weighted by Gasteiger charge is -2.50. The first-order valence-electron chi connectivity index (χ1n) is 13.4. The number of alkyl halides is 3. The molecular formula is C30H25Cl2F3N4O4. The van der Waals surface area contributed by atoms with Crippen LogP contribution in [0.3, 0.4) is 0 Å². The third-order valence-electron chi connectivity index (χ3n) is 8.23. The van der Waals surface area contributed by atoms with Crippen LogP contribution in [0.1, 0.15) is 53.1 Å². The van der Waals surface area contributed by atoms with E-state index in [1.807, 2.05) is 0 Å². The summed E-state index contributed by atoms with van der Waals surface area (Å²) >= 11 is 12.8. The highest BCUT2D eigenvalue weighted by atomic mass is 35.5. The SMILES string of the molecule is COCc1onc(-c2c(Cl)cncc2Cl)c1C=C1CC2(CCN(c3ccc4nc(C(=O)O)cc(C(F)(F)F)c4c3)CC2)C1. The van der Waals surface area contributed by atoms with Gasteiger partial charge in [-0.2, -0.15) is 13.2 Å². The quantitative estimate of drug-likeness (QED) is 0.229. The van der Waals surface area contributed by atoms with E-state index in [9.17, 15) is 23.1 Å². The summed E-state index contributed by atoms with van der Waals surface area (Å²) in [5.41, 5.74) is 2.14. The molecule has 6 rings (SSSR count). The Morgan fingerprint density at radius 3 is 2.49 bits per heavy atom. The Balaban J connectivity index is 1.20. The molecule has 1 aliphatic carbocycles. The van der Waals surface area contributed by atoms with Gasteiger partial charge in [0.25, 0.3) is 0 Å². The molecule has 0 unspecified atom stereocenters. The molecule has 13 heteroatoms. The molecule has 4 heterocycles. The monoisotopic (exact) mass is 632 g/mol. The second-order valence-corrected chi connectivity index (χ2v) is 11.8. The fourth-order valence-corrected chi connectivity index (χ4v) is 6.64. The zero-order valence-corrected chi connectivity index (χ0v) is 24.4. The van der Waals surface area contributed by atoms with Crippen LogP contribution in [0.4, 0.5) is 18.9 Å². The molecule has 0 radical (unpaired) electrons. The third-order valence-corrected chi connectivity index (χ3v) is 8.80. The molecule has 1 saturated heterocycles. The molecule has 2 fully saturated rings. The van der Waals surface area contributed by atoms with E-state index in [1.54, 1.807) is 13.2 Å². The highest BCUT2D eigenvalue weighted by molar-refractivity contribution is 6.39. The summed E-state index contributed by atoms with van der Waals surface area (Å²) in [6.45, 7) is 1.58. The number of carboxylic acid groups (broad SMARTS) is 1. The predicted molar refractivity (Wildman–Crippen MR) is 155 cm³/mol. The number of ether oxygens (including phenoxy) is 1. The Hall–Kier alpha value is -3.67. The van der Waals surface area contributed by atoms with Crippen LogP contribution in [0.25, 0.3) is 28.2 Å². The van der Waals surface area contributed by atoms with Gasteiger partial charge in [0.05, 0.1) is 21.1 Å². The summed E-state index contributed by atoms with van der Waals surface area (Å²) < 4.78 is 52.3. The maximum Gasteiger partial charge on any atom is 0.417 e. The summed E-state index contributed by atoms with van der Waals surface area (Å²) in [4.78, 5) is 21.3. The van der Waals surface area contributed by atoms with E-state index in [-0.39, 0.29) is 22.9 Å². The Bertz CT molecular complexity index is 1730. The minimum atomic E-state index is -4.72. The van der Waals surface area contributed by atoms with Crippen LogP contribution in [0, 0.1) is 5.41 Å². The van der Waals surface area contributed by atoms with Crippen molar-refractivity contribution in [1.82, 2.24) is 15.1 Å². The van der Waals surface area contributed by atoms with Gasteiger partial charge in [0.2, 0.25) is 0 Å². The summed E-state index contributed by atoms with van der Waals surface area (Å²) in [6, 6.07) is 5.21. The van der Waals surface area contributed by atoms with Crippen molar-refractivity contribution in [2.45, 2.75) is 38.5 Å². The van der Waals surface area contributed by atoms with Gasteiger partial charge in [-0.1, -0.05) is 33.9 Å². The van der Waals surface area contributed by atoms with Gasteiger partial charge < -0.3 is 19.3 Å². The van der Waals surface area contributed by atoms with E-state index < -0.39 is 23.4 Å². The largest absolute Gasteiger partial charge is 0.477 e. The number of aromatic nitrogens is 3. The van der Waals surface area contributed by atoms with Crippen molar-refractivity contribution < 1.29 is 32.3 Å². The number of halogens is 5. The second-order valence-electron chi connectivity index (χ2n) is 11.0. The number of hydrogen-bond donors (Lipinski definition) is 1. The van der Waals surface area contributed by atoms with Crippen molar-refractivity contribution in [3.05, 3.63) is 74.9 Å². The van der Waals surface area contributed by atoms with Crippen molar-refractivity contribution in [3.63, 3.8) is 0 Å². The van der Waals surface area contributed by atoms with Gasteiger partial charge in [-0.15, -0.1) is 0 Å². The average Bonchev–Trinajstić information content (AvgIpc) is 3.32. The Morgan fingerprint density at radius 1 is 1.16 bits per heavy atom. The zero-order chi connectivity index (χ0) is 30.5. The van der Waals surface area contributed by atoms with E-state index >= 15 is 0 Å². The number of methoxy groups -OCH3 is 1. The van der Waals surface area contributed by atoms with E-state index in [0.29, 0.717) is 51.9 Å². The summed E-state index contributed by atoms with van der Waals surface area (Å²) in [5, 5.41) is 14.1. The molecule has 0 atom stereocenters. The molecule has 0 amide bonds. The maximum absolute atomic E-state index is 13.8. The predicted octanol–water partition coefficient (Wildman–Crippen LogP) is 7.92. The lowest BCUT2D eigenvalue weighted by molar-refractivity contribution is -0.136. The Kier molecular flexibility index (Phi) is 7.60. The van der Waals surface area contributed by atoms with Crippen molar-refractivity contribution in [1.29, 1.82) is 0 Å². The number of carbonyl (C=O) groups is 1. The first-order valence-corrected chi connectivity index (χ1v) is 14.2. The minimum absolute atomic E-state index is 0.00600. The topological polar surface area (TPSA) is 102 Å². The first-order chi connectivity index (χ1) is 20.5. The molecule has 3 aromatic heterocycles. The molecule has 43 heavy (non-hydrogen) atoms. The fourth-order valence-electron chi connectivity index (χ4n) is 6.10. The van der Waals surface area contributed by atoms with Crippen molar-refractivity contribution >= 4 is 51.8 Å². The van der Waals surface area contributed by atoms with E-state index in [2.05, 4.69) is 26.1 Å². The number of benzene rings is 1. The molecule has 1 saturated carbocycles. The lowest BCUT2D eigenvalue weighted by Crippen LogP contribution is -2.44. The molecule has 2 aliphatic rings. The number of nitrogens with zero attached hydrogens (tertiary/aromatic N) is 4. The number of piperidine rings is 1. The van der Waals surface area contributed by atoms with Gasteiger partial charge in [0.1, 0.15) is 18.0 Å². The van der Waals surface area contributed by atoms with Crippen LogP contribution in [0.2, 0.25) is 10.0 Å². The molecule has 8 nitrogen and oxygen atoms in total. The minimum Gasteiger partial charge on any atom is -0.477 e. The number of fused-ring (bicyclic) bond motifs is 1. The summed E-state index contributed by atoms with van der Waals surface area (Å²) in [7, 11) is 1.57.